The molecule has 3 aliphatic rings. The van der Waals surface area contributed by atoms with Crippen LogP contribution in [-0.2, 0) is 40.7 Å². The second kappa shape index (κ2) is 9.39. The predicted molar refractivity (Wildman–Crippen MR) is 142 cm³/mol. The molecule has 0 saturated heterocycles. The molecule has 1 saturated carbocycles. The molecule has 1 fully saturated rings. The molecule has 1 aromatic carbocycles. The average molecular weight is 536 g/mol. The number of ketones is 2. The minimum atomic E-state index is -2.63. The summed E-state index contributed by atoms with van der Waals surface area (Å²) in [6, 6.07) is 6.24. The summed E-state index contributed by atoms with van der Waals surface area (Å²) in [6.45, 7) is 0. The second-order valence-corrected chi connectivity index (χ2v) is 11.0. The van der Waals surface area contributed by atoms with Crippen molar-refractivity contribution in [3.05, 3.63) is 69.8 Å². The molecule has 6 N–H and O–H groups in total. The third kappa shape index (κ3) is 3.89. The van der Waals surface area contributed by atoms with Crippen LogP contribution in [0.2, 0.25) is 0 Å². The van der Waals surface area contributed by atoms with Gasteiger partial charge in [0.2, 0.25) is 5.78 Å². The molecule has 2 aromatic rings. The van der Waals surface area contributed by atoms with Crippen molar-refractivity contribution >= 4 is 23.2 Å². The quantitative estimate of drug-likeness (QED) is 0.347. The zero-order chi connectivity index (χ0) is 28.4. The van der Waals surface area contributed by atoms with E-state index in [4.69, 9.17) is 5.73 Å². The van der Waals surface area contributed by atoms with Gasteiger partial charge in [-0.2, -0.15) is 0 Å². The first-order valence-corrected chi connectivity index (χ1v) is 13.0. The van der Waals surface area contributed by atoms with E-state index >= 15 is 0 Å². The molecule has 4 atom stereocenters. The number of nitrogens with two attached hydrogens (primary N) is 1. The number of aromatic nitrogens is 1. The Balaban J connectivity index is 1.58. The Kier molecular flexibility index (Phi) is 6.43. The van der Waals surface area contributed by atoms with Gasteiger partial charge in [-0.3, -0.25) is 19.3 Å². The normalized spacial score (nSPS) is 26.5. The molecule has 0 radical (unpaired) electrons. The number of fused-ring (bicyclic) bond motifs is 3. The van der Waals surface area contributed by atoms with E-state index in [1.54, 1.807) is 14.1 Å². The van der Waals surface area contributed by atoms with E-state index in [1.165, 1.54) is 16.7 Å². The van der Waals surface area contributed by atoms with Crippen molar-refractivity contribution in [1.29, 1.82) is 0 Å². The monoisotopic (exact) mass is 535 g/mol. The van der Waals surface area contributed by atoms with E-state index in [-0.39, 0.29) is 23.3 Å². The summed E-state index contributed by atoms with van der Waals surface area (Å²) in [7, 11) is 5.15. The molecule has 0 spiro atoms. The molecule has 0 unspecified atom stereocenters. The number of hydrogen-bond acceptors (Lipinski definition) is 8. The zero-order valence-corrected chi connectivity index (χ0v) is 22.1. The molecule has 39 heavy (non-hydrogen) atoms. The number of carbonyl (C=O) groups is 3. The number of rotatable bonds is 6. The van der Waals surface area contributed by atoms with Gasteiger partial charge >= 0.3 is 0 Å². The maximum absolute atomic E-state index is 13.9. The number of phenolic OH excluding ortho intramolecular Hbond substituents is 1. The summed E-state index contributed by atoms with van der Waals surface area (Å²) in [6.07, 6.45) is 4.69. The minimum Gasteiger partial charge on any atom is -0.508 e. The summed E-state index contributed by atoms with van der Waals surface area (Å²) in [5.41, 5.74) is 4.73. The standard InChI is InChI=1S/C29H33N3O7/c1-31(2)23-18-13-15-12-17-14(6-4-7-16-8-5-11-32(16)3)9-10-19(33)21(17)24(34)20(15)26(36)29(18,39)27(37)22(25(23)35)28(30)38/h5,8-11,15,18,23,33-34,37,39H,4,6-7,12-13H2,1-3H3,(H2,30,38)/t15-,18-,23-,29-/m0/s1. The third-order valence-corrected chi connectivity index (χ3v) is 8.63. The lowest BCUT2D eigenvalue weighted by Gasteiger charge is -2.50. The fourth-order valence-electron chi connectivity index (χ4n) is 6.76. The van der Waals surface area contributed by atoms with Crippen LogP contribution in [0.5, 0.6) is 5.75 Å². The number of hydrogen-bond donors (Lipinski definition) is 5. The van der Waals surface area contributed by atoms with Gasteiger partial charge in [0.15, 0.2) is 11.4 Å². The molecule has 1 aromatic heterocycles. The van der Waals surface area contributed by atoms with Gasteiger partial charge in [-0.05, 0) is 81.4 Å². The van der Waals surface area contributed by atoms with Crippen LogP contribution in [0.25, 0.3) is 5.76 Å². The smallest absolute Gasteiger partial charge is 0.255 e. The van der Waals surface area contributed by atoms with Gasteiger partial charge in [0.1, 0.15) is 22.8 Å². The van der Waals surface area contributed by atoms with Crippen LogP contribution in [0.1, 0.15) is 35.2 Å². The van der Waals surface area contributed by atoms with Crippen LogP contribution in [0, 0.1) is 11.8 Å². The summed E-state index contributed by atoms with van der Waals surface area (Å²) in [4.78, 5) is 40.7. The molecule has 1 amide bonds. The molecule has 10 heteroatoms. The Bertz CT molecular complexity index is 1470. The molecule has 206 valence electrons. The first-order valence-electron chi connectivity index (χ1n) is 13.0. The van der Waals surface area contributed by atoms with Crippen molar-refractivity contribution < 1.29 is 34.8 Å². The van der Waals surface area contributed by atoms with E-state index in [9.17, 15) is 34.8 Å². The molecule has 0 aliphatic heterocycles. The summed E-state index contributed by atoms with van der Waals surface area (Å²) >= 11 is 0. The Hall–Kier alpha value is -3.89. The molecule has 1 heterocycles. The number of primary amides is 1. The Morgan fingerprint density at radius 3 is 2.49 bits per heavy atom. The van der Waals surface area contributed by atoms with Crippen molar-refractivity contribution in [2.75, 3.05) is 14.1 Å². The lowest BCUT2D eigenvalue weighted by atomic mass is 9.57. The number of likely N-dealkylation sites (N-methyl/N-ethyl adjacent to an activating group) is 1. The van der Waals surface area contributed by atoms with E-state index in [0.717, 1.165) is 18.4 Å². The lowest BCUT2D eigenvalue weighted by Crippen LogP contribution is -2.65. The van der Waals surface area contributed by atoms with Crippen molar-refractivity contribution in [2.24, 2.45) is 24.6 Å². The van der Waals surface area contributed by atoms with Gasteiger partial charge in [0.25, 0.3) is 5.91 Å². The molecule has 0 bridgehead atoms. The van der Waals surface area contributed by atoms with Gasteiger partial charge in [0.05, 0.1) is 11.6 Å². The highest BCUT2D eigenvalue weighted by atomic mass is 16.3. The number of Topliss-reactive ketones (excluding diaryl/α,β-unsaturated/α-hetero) is 2. The zero-order valence-electron chi connectivity index (χ0n) is 22.1. The molecule has 10 nitrogen and oxygen atoms in total. The number of aliphatic hydroxyl groups excluding tert-OH is 2. The first-order chi connectivity index (χ1) is 18.4. The highest BCUT2D eigenvalue weighted by molar-refractivity contribution is 6.24. The van der Waals surface area contributed by atoms with Gasteiger partial charge < -0.3 is 30.7 Å². The van der Waals surface area contributed by atoms with E-state index in [0.29, 0.717) is 18.4 Å². The maximum Gasteiger partial charge on any atom is 0.255 e. The summed E-state index contributed by atoms with van der Waals surface area (Å²) < 4.78 is 2.06. The van der Waals surface area contributed by atoms with Gasteiger partial charge in [-0.1, -0.05) is 6.07 Å². The number of aromatic hydroxyl groups is 1. The van der Waals surface area contributed by atoms with Crippen LogP contribution >= 0.6 is 0 Å². The molecule has 5 rings (SSSR count). The number of aliphatic hydroxyl groups is 3. The van der Waals surface area contributed by atoms with Crippen LogP contribution in [0.3, 0.4) is 0 Å². The number of aryl methyl sites for hydroxylation is 3. The number of phenols is 1. The van der Waals surface area contributed by atoms with E-state index < -0.39 is 58.0 Å². The van der Waals surface area contributed by atoms with Crippen LogP contribution in [0.4, 0.5) is 0 Å². The number of amides is 1. The van der Waals surface area contributed by atoms with Crippen LogP contribution < -0.4 is 5.73 Å². The maximum atomic E-state index is 13.9. The van der Waals surface area contributed by atoms with Crippen molar-refractivity contribution in [1.82, 2.24) is 9.47 Å². The fraction of sp³-hybridized carbons (Fsp3) is 0.414. The number of nitrogens with zero attached hydrogens (tertiary/aromatic N) is 2. The topological polar surface area (TPSA) is 166 Å². The molecular formula is C29H33N3O7. The van der Waals surface area contributed by atoms with Crippen molar-refractivity contribution in [3.8, 4) is 5.75 Å². The Morgan fingerprint density at radius 2 is 1.87 bits per heavy atom. The van der Waals surface area contributed by atoms with Crippen LogP contribution in [-0.4, -0.2) is 73.1 Å². The minimum absolute atomic E-state index is 0.0736. The Morgan fingerprint density at radius 1 is 1.15 bits per heavy atom. The number of carbonyl (C=O) groups excluding carboxylic acids is 3. The first kappa shape index (κ1) is 26.7. The summed E-state index contributed by atoms with van der Waals surface area (Å²) in [5.74, 6) is -6.45. The van der Waals surface area contributed by atoms with Gasteiger partial charge in [-0.15, -0.1) is 0 Å². The van der Waals surface area contributed by atoms with Crippen LogP contribution in [0.15, 0.2) is 47.4 Å². The molecule has 3 aliphatic carbocycles. The fourth-order valence-corrected chi connectivity index (χ4v) is 6.76. The number of benzene rings is 1. The van der Waals surface area contributed by atoms with Crippen molar-refractivity contribution in [3.63, 3.8) is 0 Å². The van der Waals surface area contributed by atoms with Gasteiger partial charge in [0, 0.05) is 30.4 Å². The Labute approximate surface area is 225 Å². The second-order valence-electron chi connectivity index (χ2n) is 11.0. The average Bonchev–Trinajstić information content (AvgIpc) is 3.26. The van der Waals surface area contributed by atoms with E-state index in [2.05, 4.69) is 10.6 Å². The SMILES string of the molecule is CN(C)[C@@H]1C(=O)C(C(N)=O)=C(O)[C@@]2(O)C(=O)C3=C(O)c4c(O)ccc(CCCc5cccn5C)c4C[C@H]3C[C@@H]12. The highest BCUT2D eigenvalue weighted by Crippen LogP contribution is 2.53. The van der Waals surface area contributed by atoms with E-state index in [1.807, 2.05) is 25.4 Å². The third-order valence-electron chi connectivity index (χ3n) is 8.63. The molecular weight excluding hydrogens is 502 g/mol. The summed E-state index contributed by atoms with van der Waals surface area (Å²) in [5, 5.41) is 44.7. The van der Waals surface area contributed by atoms with Gasteiger partial charge in [-0.25, -0.2) is 0 Å². The lowest BCUT2D eigenvalue weighted by molar-refractivity contribution is -0.153. The predicted octanol–water partition coefficient (Wildman–Crippen LogP) is 1.48. The highest BCUT2D eigenvalue weighted by Gasteiger charge is 2.64. The van der Waals surface area contributed by atoms with Crippen molar-refractivity contribution in [2.45, 2.75) is 43.7 Å². The largest absolute Gasteiger partial charge is 0.508 e.